The van der Waals surface area contributed by atoms with Crippen molar-refractivity contribution in [2.24, 2.45) is 5.92 Å². The van der Waals surface area contributed by atoms with Crippen molar-refractivity contribution >= 4 is 0 Å². The lowest BCUT2D eigenvalue weighted by atomic mass is 10.1. The van der Waals surface area contributed by atoms with E-state index in [1.54, 1.807) is 0 Å². The molecule has 0 aromatic heterocycles. The smallest absolute Gasteiger partial charge is 0.116 e. The lowest BCUT2D eigenvalue weighted by Gasteiger charge is -2.02. The number of hydrogen-bond donors (Lipinski definition) is 0. The number of hydrogen-bond acceptors (Lipinski definition) is 1. The average molecular weight is 147 g/mol. The van der Waals surface area contributed by atoms with E-state index in [-0.39, 0.29) is 5.92 Å². The van der Waals surface area contributed by atoms with Crippen LogP contribution in [0.3, 0.4) is 0 Å². The third kappa shape index (κ3) is 2.65. The van der Waals surface area contributed by atoms with E-state index < -0.39 is 6.17 Å². The minimum absolute atomic E-state index is 0.250. The zero-order chi connectivity index (χ0) is 8.15. The van der Waals surface area contributed by atoms with Gasteiger partial charge in [-0.1, -0.05) is 20.8 Å². The summed E-state index contributed by atoms with van der Waals surface area (Å²) < 4.78 is 12.5. The Bertz CT molecular complexity index is 75.3. The molecule has 0 N–H and O–H groups in total. The van der Waals surface area contributed by atoms with Crippen molar-refractivity contribution in [3.63, 3.8) is 0 Å². The van der Waals surface area contributed by atoms with E-state index in [1.165, 1.54) is 0 Å². The molecule has 0 aromatic carbocycles. The summed E-state index contributed by atoms with van der Waals surface area (Å²) in [5.74, 6) is 0.250. The molecule has 10 heavy (non-hydrogen) atoms. The monoisotopic (exact) mass is 147 g/mol. The van der Waals surface area contributed by atoms with Crippen LogP contribution in [0.1, 0.15) is 20.8 Å². The summed E-state index contributed by atoms with van der Waals surface area (Å²) in [7, 11) is 1.95. The van der Waals surface area contributed by atoms with Gasteiger partial charge in [-0.05, 0) is 7.05 Å². The predicted molar refractivity (Wildman–Crippen MR) is 42.9 cm³/mol. The van der Waals surface area contributed by atoms with Crippen LogP contribution >= 0.6 is 0 Å². The van der Waals surface area contributed by atoms with Crippen LogP contribution < -0.4 is 0 Å². The van der Waals surface area contributed by atoms with E-state index in [0.717, 1.165) is 6.54 Å². The molecule has 1 nitrogen and oxygen atoms in total. The molecule has 2 heteroatoms. The van der Waals surface area contributed by atoms with Gasteiger partial charge in [-0.2, -0.15) is 0 Å². The molecule has 0 aliphatic carbocycles. The third-order valence-electron chi connectivity index (χ3n) is 1.70. The Hall–Kier alpha value is -0.110. The molecular formula is C8H18FN. The van der Waals surface area contributed by atoms with Gasteiger partial charge < -0.3 is 4.90 Å². The molecule has 1 unspecified atom stereocenters. The molecule has 1 fully saturated rings. The molecule has 0 bridgehead atoms. The Balaban J connectivity index is 0.000000371. The summed E-state index contributed by atoms with van der Waals surface area (Å²) >= 11 is 0. The van der Waals surface area contributed by atoms with Gasteiger partial charge >= 0.3 is 0 Å². The molecule has 1 aliphatic rings. The highest BCUT2D eigenvalue weighted by Gasteiger charge is 2.26. The Morgan fingerprint density at radius 3 is 1.90 bits per heavy atom. The van der Waals surface area contributed by atoms with Crippen molar-refractivity contribution in [3.8, 4) is 0 Å². The van der Waals surface area contributed by atoms with Crippen molar-refractivity contribution in [3.05, 3.63) is 0 Å². The highest BCUT2D eigenvalue weighted by Crippen LogP contribution is 2.16. The molecule has 2 atom stereocenters. The minimum atomic E-state index is -0.583. The molecule has 0 saturated carbocycles. The lowest BCUT2D eigenvalue weighted by Crippen LogP contribution is -2.13. The SMILES string of the molecule is CC.C[C@H]1CN(C)CC1F. The van der Waals surface area contributed by atoms with Crippen LogP contribution in [0.15, 0.2) is 0 Å². The van der Waals surface area contributed by atoms with Crippen LogP contribution in [-0.4, -0.2) is 31.2 Å². The summed E-state index contributed by atoms with van der Waals surface area (Å²) in [6.45, 7) is 7.50. The first-order valence-corrected chi connectivity index (χ1v) is 4.03. The summed E-state index contributed by atoms with van der Waals surface area (Å²) in [6.07, 6.45) is -0.583. The number of rotatable bonds is 0. The fourth-order valence-electron chi connectivity index (χ4n) is 1.16. The summed E-state index contributed by atoms with van der Waals surface area (Å²) in [5, 5.41) is 0. The quantitative estimate of drug-likeness (QED) is 0.506. The molecule has 0 aromatic rings. The van der Waals surface area contributed by atoms with Gasteiger partial charge in [0.25, 0.3) is 0 Å². The Labute approximate surface area is 63.2 Å². The molecule has 1 aliphatic heterocycles. The molecule has 0 amide bonds. The first-order valence-electron chi connectivity index (χ1n) is 4.03. The van der Waals surface area contributed by atoms with Gasteiger partial charge in [0.2, 0.25) is 0 Å². The third-order valence-corrected chi connectivity index (χ3v) is 1.70. The standard InChI is InChI=1S/C6H12FN.C2H6/c1-5-3-8(2)4-6(5)7;1-2/h5-6H,3-4H2,1-2H3;1-2H3/t5-,6?;/m0./s1. The number of likely N-dealkylation sites (tertiary alicyclic amines) is 1. The minimum Gasteiger partial charge on any atom is -0.303 e. The topological polar surface area (TPSA) is 3.24 Å². The van der Waals surface area contributed by atoms with Crippen molar-refractivity contribution in [2.45, 2.75) is 26.9 Å². The summed E-state index contributed by atoms with van der Waals surface area (Å²) in [5.41, 5.74) is 0. The second kappa shape index (κ2) is 4.67. The lowest BCUT2D eigenvalue weighted by molar-refractivity contribution is 0.289. The maximum atomic E-state index is 12.5. The largest absolute Gasteiger partial charge is 0.303 e. The second-order valence-electron chi connectivity index (χ2n) is 2.71. The van der Waals surface area contributed by atoms with Crippen molar-refractivity contribution in [1.29, 1.82) is 0 Å². The van der Waals surface area contributed by atoms with Crippen molar-refractivity contribution in [2.75, 3.05) is 20.1 Å². The normalized spacial score (nSPS) is 33.3. The van der Waals surface area contributed by atoms with Crippen LogP contribution in [0.25, 0.3) is 0 Å². The van der Waals surface area contributed by atoms with Crippen molar-refractivity contribution in [1.82, 2.24) is 4.90 Å². The average Bonchev–Trinajstić information content (AvgIpc) is 2.16. The summed E-state index contributed by atoms with van der Waals surface area (Å²) in [6, 6.07) is 0. The van der Waals surface area contributed by atoms with Gasteiger partial charge in [-0.3, -0.25) is 0 Å². The second-order valence-corrected chi connectivity index (χ2v) is 2.71. The maximum absolute atomic E-state index is 12.5. The molecule has 62 valence electrons. The maximum Gasteiger partial charge on any atom is 0.116 e. The van der Waals surface area contributed by atoms with E-state index in [9.17, 15) is 4.39 Å². The van der Waals surface area contributed by atoms with Crippen molar-refractivity contribution < 1.29 is 4.39 Å². The Morgan fingerprint density at radius 2 is 1.80 bits per heavy atom. The molecule has 0 radical (unpaired) electrons. The molecule has 1 rings (SSSR count). The van der Waals surface area contributed by atoms with Gasteiger partial charge in [0, 0.05) is 19.0 Å². The number of nitrogens with zero attached hydrogens (tertiary/aromatic N) is 1. The fourth-order valence-corrected chi connectivity index (χ4v) is 1.16. The highest BCUT2D eigenvalue weighted by atomic mass is 19.1. The zero-order valence-electron chi connectivity index (χ0n) is 7.39. The van der Waals surface area contributed by atoms with Crippen LogP contribution in [-0.2, 0) is 0 Å². The Kier molecular flexibility index (Phi) is 4.62. The van der Waals surface area contributed by atoms with Gasteiger partial charge in [0.15, 0.2) is 0 Å². The van der Waals surface area contributed by atoms with E-state index in [2.05, 4.69) is 0 Å². The molecule has 0 spiro atoms. The molecular weight excluding hydrogens is 129 g/mol. The highest BCUT2D eigenvalue weighted by molar-refractivity contribution is 4.78. The first kappa shape index (κ1) is 9.89. The van der Waals surface area contributed by atoms with Crippen LogP contribution in [0, 0.1) is 5.92 Å². The van der Waals surface area contributed by atoms with Crippen LogP contribution in [0.4, 0.5) is 4.39 Å². The number of alkyl halides is 1. The predicted octanol–water partition coefficient (Wildman–Crippen LogP) is 1.93. The van der Waals surface area contributed by atoms with Gasteiger partial charge in [0.05, 0.1) is 0 Å². The van der Waals surface area contributed by atoms with E-state index in [1.807, 2.05) is 32.7 Å². The van der Waals surface area contributed by atoms with E-state index in [4.69, 9.17) is 0 Å². The first-order chi connectivity index (χ1) is 4.70. The Morgan fingerprint density at radius 1 is 1.30 bits per heavy atom. The van der Waals surface area contributed by atoms with Crippen LogP contribution in [0.2, 0.25) is 0 Å². The van der Waals surface area contributed by atoms with Gasteiger partial charge in [-0.25, -0.2) is 4.39 Å². The zero-order valence-corrected chi connectivity index (χ0v) is 7.39. The van der Waals surface area contributed by atoms with Gasteiger partial charge in [0.1, 0.15) is 6.17 Å². The van der Waals surface area contributed by atoms with Crippen LogP contribution in [0.5, 0.6) is 0 Å². The molecule has 1 saturated heterocycles. The summed E-state index contributed by atoms with van der Waals surface area (Å²) in [4.78, 5) is 2.02. The molecule has 1 heterocycles. The van der Waals surface area contributed by atoms with Gasteiger partial charge in [-0.15, -0.1) is 0 Å². The van der Waals surface area contributed by atoms with E-state index >= 15 is 0 Å². The number of halogens is 1. The van der Waals surface area contributed by atoms with E-state index in [0.29, 0.717) is 6.54 Å². The fraction of sp³-hybridized carbons (Fsp3) is 1.00.